The largest absolute Gasteiger partial charge is 0.417 e. The van der Waals surface area contributed by atoms with Crippen molar-refractivity contribution in [1.82, 2.24) is 0 Å². The van der Waals surface area contributed by atoms with Crippen molar-refractivity contribution in [3.8, 4) is 0 Å². The molecule has 0 saturated heterocycles. The molecule has 1 nitrogen and oxygen atoms in total. The molecule has 0 aromatic heterocycles. The molecule has 0 bridgehead atoms. The van der Waals surface area contributed by atoms with E-state index in [0.29, 0.717) is 21.2 Å². The number of halogens is 6. The van der Waals surface area contributed by atoms with E-state index in [1.807, 2.05) is 0 Å². The molecule has 2 aromatic rings. The molecule has 2 aromatic carbocycles. The molecule has 112 valence electrons. The molecular weight excluding hydrogens is 390 g/mol. The Morgan fingerprint density at radius 3 is 2.29 bits per heavy atom. The first kappa shape index (κ1) is 16.6. The molecule has 0 fully saturated rings. The van der Waals surface area contributed by atoms with Crippen molar-refractivity contribution in [1.29, 1.82) is 0 Å². The van der Waals surface area contributed by atoms with Crippen molar-refractivity contribution in [3.05, 3.63) is 67.6 Å². The molecule has 0 aliphatic carbocycles. The van der Waals surface area contributed by atoms with Crippen LogP contribution in [-0.4, -0.2) is 0 Å². The second-order valence-corrected chi connectivity index (χ2v) is 6.08. The van der Waals surface area contributed by atoms with Gasteiger partial charge in [0.2, 0.25) is 0 Å². The average Bonchev–Trinajstić information content (AvgIpc) is 2.37. The number of hydrogen-bond donors (Lipinski definition) is 1. The minimum absolute atomic E-state index is 0.0341. The van der Waals surface area contributed by atoms with Gasteiger partial charge in [0.25, 0.3) is 0 Å². The van der Waals surface area contributed by atoms with Gasteiger partial charge in [0.1, 0.15) is 0 Å². The predicted octanol–water partition coefficient (Wildman–Crippen LogP) is 5.82. The second kappa shape index (κ2) is 6.16. The van der Waals surface area contributed by atoms with Crippen molar-refractivity contribution in [2.75, 3.05) is 0 Å². The van der Waals surface area contributed by atoms with Gasteiger partial charge in [-0.3, -0.25) is 0 Å². The molecule has 0 radical (unpaired) electrons. The Hall–Kier alpha value is -0.750. The Bertz CT molecular complexity index is 674. The summed E-state index contributed by atoms with van der Waals surface area (Å²) < 4.78 is 38.7. The zero-order valence-corrected chi connectivity index (χ0v) is 13.5. The summed E-state index contributed by atoms with van der Waals surface area (Å²) in [6.45, 7) is 0. The van der Waals surface area contributed by atoms with Crippen molar-refractivity contribution in [3.63, 3.8) is 0 Å². The van der Waals surface area contributed by atoms with E-state index in [0.717, 1.165) is 6.07 Å². The molecular formula is C14H9BrCl2F3N. The van der Waals surface area contributed by atoms with E-state index in [9.17, 15) is 13.2 Å². The van der Waals surface area contributed by atoms with Crippen LogP contribution in [0.25, 0.3) is 0 Å². The molecule has 0 spiro atoms. The second-order valence-electron chi connectivity index (χ2n) is 4.38. The van der Waals surface area contributed by atoms with Gasteiger partial charge in [0.05, 0.1) is 11.6 Å². The fraction of sp³-hybridized carbons (Fsp3) is 0.143. The average molecular weight is 399 g/mol. The fourth-order valence-electron chi connectivity index (χ4n) is 1.89. The number of rotatable bonds is 2. The van der Waals surface area contributed by atoms with Gasteiger partial charge in [-0.25, -0.2) is 0 Å². The molecule has 21 heavy (non-hydrogen) atoms. The van der Waals surface area contributed by atoms with Crippen LogP contribution in [0.15, 0.2) is 40.9 Å². The van der Waals surface area contributed by atoms with Crippen molar-refractivity contribution in [2.45, 2.75) is 12.2 Å². The Balaban J connectivity index is 2.46. The monoisotopic (exact) mass is 397 g/mol. The van der Waals surface area contributed by atoms with Crippen LogP contribution in [0.3, 0.4) is 0 Å². The number of benzene rings is 2. The third-order valence-corrected chi connectivity index (χ3v) is 4.21. The van der Waals surface area contributed by atoms with Gasteiger partial charge in [-0.05, 0) is 35.4 Å². The van der Waals surface area contributed by atoms with E-state index >= 15 is 0 Å². The topological polar surface area (TPSA) is 26.0 Å². The minimum Gasteiger partial charge on any atom is -0.320 e. The molecule has 0 amide bonds. The zero-order chi connectivity index (χ0) is 15.8. The fourth-order valence-corrected chi connectivity index (χ4v) is 2.88. The molecule has 2 N–H and O–H groups in total. The first-order valence-electron chi connectivity index (χ1n) is 5.77. The van der Waals surface area contributed by atoms with Crippen LogP contribution >= 0.6 is 39.1 Å². The Morgan fingerprint density at radius 1 is 1.05 bits per heavy atom. The van der Waals surface area contributed by atoms with Gasteiger partial charge >= 0.3 is 6.18 Å². The first-order valence-corrected chi connectivity index (χ1v) is 7.32. The third-order valence-electron chi connectivity index (χ3n) is 2.95. The van der Waals surface area contributed by atoms with Crippen LogP contribution in [-0.2, 0) is 6.18 Å². The molecule has 0 heterocycles. The zero-order valence-electron chi connectivity index (χ0n) is 10.4. The molecule has 2 rings (SSSR count). The highest BCUT2D eigenvalue weighted by Crippen LogP contribution is 2.37. The number of alkyl halides is 3. The number of hydrogen-bond acceptors (Lipinski definition) is 1. The first-order chi connectivity index (χ1) is 9.70. The lowest BCUT2D eigenvalue weighted by molar-refractivity contribution is -0.138. The van der Waals surface area contributed by atoms with E-state index in [-0.39, 0.29) is 4.47 Å². The number of nitrogens with two attached hydrogens (primary N) is 1. The van der Waals surface area contributed by atoms with Crippen LogP contribution in [0.4, 0.5) is 13.2 Å². The highest BCUT2D eigenvalue weighted by Gasteiger charge is 2.33. The maximum atomic E-state index is 12.9. The van der Waals surface area contributed by atoms with Crippen molar-refractivity contribution >= 4 is 39.1 Å². The summed E-state index contributed by atoms with van der Waals surface area (Å²) in [5, 5.41) is 0.745. The van der Waals surface area contributed by atoms with Gasteiger partial charge in [0.15, 0.2) is 0 Å². The maximum Gasteiger partial charge on any atom is 0.417 e. The van der Waals surface area contributed by atoms with Gasteiger partial charge in [-0.2, -0.15) is 13.2 Å². The van der Waals surface area contributed by atoms with Gasteiger partial charge in [0, 0.05) is 14.5 Å². The van der Waals surface area contributed by atoms with Gasteiger partial charge < -0.3 is 5.73 Å². The van der Waals surface area contributed by atoms with Crippen LogP contribution in [0.2, 0.25) is 10.0 Å². The lowest BCUT2D eigenvalue weighted by atomic mass is 9.98. The normalized spacial score (nSPS) is 13.3. The van der Waals surface area contributed by atoms with E-state index in [1.54, 1.807) is 12.1 Å². The quantitative estimate of drug-likeness (QED) is 0.677. The molecule has 0 saturated carbocycles. The van der Waals surface area contributed by atoms with Crippen molar-refractivity contribution in [2.24, 2.45) is 5.73 Å². The van der Waals surface area contributed by atoms with Crippen LogP contribution < -0.4 is 5.73 Å². The van der Waals surface area contributed by atoms with Crippen molar-refractivity contribution < 1.29 is 13.2 Å². The summed E-state index contributed by atoms with van der Waals surface area (Å²) >= 11 is 14.7. The molecule has 0 aliphatic rings. The van der Waals surface area contributed by atoms with E-state index < -0.39 is 17.8 Å². The molecule has 1 unspecified atom stereocenters. The Kier molecular flexibility index (Phi) is 4.88. The molecule has 0 aliphatic heterocycles. The summed E-state index contributed by atoms with van der Waals surface area (Å²) in [6, 6.07) is 7.78. The summed E-state index contributed by atoms with van der Waals surface area (Å²) in [5.74, 6) is 0. The van der Waals surface area contributed by atoms with Crippen LogP contribution in [0, 0.1) is 0 Å². The predicted molar refractivity (Wildman–Crippen MR) is 81.6 cm³/mol. The molecule has 1 atom stereocenters. The highest BCUT2D eigenvalue weighted by molar-refractivity contribution is 9.10. The molecule has 7 heteroatoms. The minimum atomic E-state index is -4.46. The van der Waals surface area contributed by atoms with Gasteiger partial charge in [-0.1, -0.05) is 51.3 Å². The lowest BCUT2D eigenvalue weighted by Crippen LogP contribution is -2.14. The lowest BCUT2D eigenvalue weighted by Gasteiger charge is -2.17. The standard InChI is InChI=1S/C14H9BrCl2F3N/c15-11-4-1-7(5-10(11)14(18,19)20)13(21)9-3-2-8(16)6-12(9)17/h1-6,13H,21H2. The maximum absolute atomic E-state index is 12.9. The van der Waals surface area contributed by atoms with Crippen LogP contribution in [0.5, 0.6) is 0 Å². The highest BCUT2D eigenvalue weighted by atomic mass is 79.9. The SMILES string of the molecule is NC(c1ccc(Br)c(C(F)(F)F)c1)c1ccc(Cl)cc1Cl. The van der Waals surface area contributed by atoms with Gasteiger partial charge in [-0.15, -0.1) is 0 Å². The third kappa shape index (κ3) is 3.72. The Labute approximate surface area is 138 Å². The van der Waals surface area contributed by atoms with E-state index in [2.05, 4.69) is 15.9 Å². The van der Waals surface area contributed by atoms with Crippen LogP contribution in [0.1, 0.15) is 22.7 Å². The smallest absolute Gasteiger partial charge is 0.320 e. The summed E-state index contributed by atoms with van der Waals surface area (Å²) in [5.41, 5.74) is 6.07. The van der Waals surface area contributed by atoms with E-state index in [4.69, 9.17) is 28.9 Å². The summed E-state index contributed by atoms with van der Waals surface area (Å²) in [6.07, 6.45) is -4.46. The summed E-state index contributed by atoms with van der Waals surface area (Å²) in [4.78, 5) is 0. The van der Waals surface area contributed by atoms with E-state index in [1.165, 1.54) is 18.2 Å². The summed E-state index contributed by atoms with van der Waals surface area (Å²) in [7, 11) is 0. The Morgan fingerprint density at radius 2 is 1.71 bits per heavy atom.